The molecule has 0 radical (unpaired) electrons. The molecule has 0 amide bonds. The molecule has 19 heavy (non-hydrogen) atoms. The van der Waals surface area contributed by atoms with Gasteiger partial charge in [0.2, 0.25) is 0 Å². The monoisotopic (exact) mass is 295 g/mol. The number of aliphatic carboxylic acids is 1. The quantitative estimate of drug-likeness (QED) is 0.716. The van der Waals surface area contributed by atoms with Crippen LogP contribution in [0.5, 0.6) is 0 Å². The number of β-amino-alcohol motifs (C(OH)–C–C–N with tert-alkyl or cyclic N) is 1. The van der Waals surface area contributed by atoms with Crippen LogP contribution in [0.15, 0.2) is 0 Å². The molecule has 2 unspecified atom stereocenters. The molecule has 1 fully saturated rings. The molecule has 0 bridgehead atoms. The Balaban J connectivity index is 3.02. The predicted octanol–water partition coefficient (Wildman–Crippen LogP) is 1.46. The maximum absolute atomic E-state index is 12.8. The van der Waals surface area contributed by atoms with E-state index in [-0.39, 0.29) is 25.2 Å². The summed E-state index contributed by atoms with van der Waals surface area (Å²) in [6.07, 6.45) is -1.59. The van der Waals surface area contributed by atoms with Gasteiger partial charge in [0.25, 0.3) is 0 Å². The van der Waals surface area contributed by atoms with Crippen LogP contribution in [0.2, 0.25) is 0 Å². The molecular formula is C11H22NO6P. The third kappa shape index (κ3) is 4.26. The van der Waals surface area contributed by atoms with Crippen LogP contribution in [0.4, 0.5) is 0 Å². The summed E-state index contributed by atoms with van der Waals surface area (Å²) < 4.78 is 24.6. The molecule has 2 atom stereocenters. The second kappa shape index (κ2) is 6.33. The van der Waals surface area contributed by atoms with Crippen molar-refractivity contribution in [3.05, 3.63) is 0 Å². The van der Waals surface area contributed by atoms with Gasteiger partial charge in [0.1, 0.15) is 6.04 Å². The van der Waals surface area contributed by atoms with Crippen LogP contribution < -0.4 is 0 Å². The van der Waals surface area contributed by atoms with Gasteiger partial charge in [-0.2, -0.15) is 4.67 Å². The molecule has 1 rings (SSSR count). The number of aliphatic hydroxyl groups is 1. The van der Waals surface area contributed by atoms with Gasteiger partial charge in [-0.1, -0.05) is 0 Å². The summed E-state index contributed by atoms with van der Waals surface area (Å²) in [4.78, 5) is 11.2. The first-order valence-electron chi connectivity index (χ1n) is 6.30. The maximum Gasteiger partial charge on any atom is 0.409 e. The van der Waals surface area contributed by atoms with E-state index < -0.39 is 25.9 Å². The highest BCUT2D eigenvalue weighted by molar-refractivity contribution is 7.51. The van der Waals surface area contributed by atoms with Crippen molar-refractivity contribution >= 4 is 13.7 Å². The Bertz CT molecular complexity index is 358. The van der Waals surface area contributed by atoms with Gasteiger partial charge in [0.05, 0.1) is 18.3 Å². The molecule has 1 heterocycles. The molecule has 0 aromatic heterocycles. The third-order valence-electron chi connectivity index (χ3n) is 2.54. The van der Waals surface area contributed by atoms with Gasteiger partial charge < -0.3 is 10.2 Å². The Morgan fingerprint density at radius 2 is 1.74 bits per heavy atom. The number of aliphatic hydroxyl groups excluding tert-OH is 1. The molecule has 7 nitrogen and oxygen atoms in total. The van der Waals surface area contributed by atoms with Crippen molar-refractivity contribution in [2.24, 2.45) is 0 Å². The Morgan fingerprint density at radius 3 is 2.11 bits per heavy atom. The maximum atomic E-state index is 12.8. The van der Waals surface area contributed by atoms with Gasteiger partial charge in [0, 0.05) is 13.0 Å². The van der Waals surface area contributed by atoms with E-state index in [2.05, 4.69) is 0 Å². The fraction of sp³-hybridized carbons (Fsp3) is 0.909. The van der Waals surface area contributed by atoms with Crippen molar-refractivity contribution in [3.63, 3.8) is 0 Å². The average molecular weight is 295 g/mol. The molecule has 0 aromatic carbocycles. The second-order valence-electron chi connectivity index (χ2n) is 5.14. The largest absolute Gasteiger partial charge is 0.480 e. The van der Waals surface area contributed by atoms with E-state index in [1.165, 1.54) is 0 Å². The molecule has 0 spiro atoms. The number of carboxylic acid groups (broad SMARTS) is 1. The minimum absolute atomic E-state index is 0.0161. The van der Waals surface area contributed by atoms with E-state index in [0.29, 0.717) is 0 Å². The van der Waals surface area contributed by atoms with Crippen LogP contribution in [0.25, 0.3) is 0 Å². The van der Waals surface area contributed by atoms with Crippen molar-refractivity contribution in [3.8, 4) is 0 Å². The summed E-state index contributed by atoms with van der Waals surface area (Å²) in [5.74, 6) is -1.14. The molecule has 8 heteroatoms. The summed E-state index contributed by atoms with van der Waals surface area (Å²) in [7, 11) is -3.73. The van der Waals surface area contributed by atoms with Gasteiger partial charge in [-0.3, -0.25) is 13.8 Å². The van der Waals surface area contributed by atoms with Crippen LogP contribution in [0.1, 0.15) is 34.1 Å². The first-order valence-corrected chi connectivity index (χ1v) is 7.80. The smallest absolute Gasteiger partial charge is 0.409 e. The van der Waals surface area contributed by atoms with E-state index in [4.69, 9.17) is 14.2 Å². The number of rotatable bonds is 6. The SMILES string of the molecule is CC(C)OP(=O)(OC(C)C)N1CC(O)CC1C(=O)O. The fourth-order valence-electron chi connectivity index (χ4n) is 1.97. The highest BCUT2D eigenvalue weighted by Gasteiger charge is 2.48. The van der Waals surface area contributed by atoms with E-state index in [1.54, 1.807) is 27.7 Å². The number of nitrogens with zero attached hydrogens (tertiary/aromatic N) is 1. The highest BCUT2D eigenvalue weighted by atomic mass is 31.2. The lowest BCUT2D eigenvalue weighted by Gasteiger charge is -2.31. The zero-order valence-corrected chi connectivity index (χ0v) is 12.5. The van der Waals surface area contributed by atoms with Gasteiger partial charge in [-0.25, -0.2) is 4.57 Å². The third-order valence-corrected chi connectivity index (χ3v) is 4.99. The Hall–Kier alpha value is -0.460. The van der Waals surface area contributed by atoms with Gasteiger partial charge in [-0.05, 0) is 27.7 Å². The molecule has 0 aliphatic carbocycles. The van der Waals surface area contributed by atoms with Gasteiger partial charge in [0.15, 0.2) is 0 Å². The minimum Gasteiger partial charge on any atom is -0.480 e. The first-order chi connectivity index (χ1) is 8.65. The van der Waals surface area contributed by atoms with E-state index >= 15 is 0 Å². The number of hydrogen-bond acceptors (Lipinski definition) is 5. The summed E-state index contributed by atoms with van der Waals surface area (Å²) in [5.41, 5.74) is 0. The Morgan fingerprint density at radius 1 is 1.26 bits per heavy atom. The predicted molar refractivity (Wildman–Crippen MR) is 68.8 cm³/mol. The molecule has 0 aromatic rings. The number of carboxylic acids is 1. The van der Waals surface area contributed by atoms with Crippen LogP contribution >= 0.6 is 7.75 Å². The van der Waals surface area contributed by atoms with Crippen molar-refractivity contribution in [1.29, 1.82) is 0 Å². The molecule has 112 valence electrons. The second-order valence-corrected chi connectivity index (χ2v) is 7.02. The first kappa shape index (κ1) is 16.6. The molecule has 0 saturated carbocycles. The Kier molecular flexibility index (Phi) is 5.53. The van der Waals surface area contributed by atoms with Crippen LogP contribution in [0, 0.1) is 0 Å². The molecule has 1 saturated heterocycles. The number of carbonyl (C=O) groups is 1. The molecule has 2 N–H and O–H groups in total. The average Bonchev–Trinajstić information content (AvgIpc) is 2.58. The molecule has 1 aliphatic heterocycles. The summed E-state index contributed by atoms with van der Waals surface area (Å²) in [6.45, 7) is 6.74. The van der Waals surface area contributed by atoms with Crippen LogP contribution in [-0.4, -0.2) is 51.8 Å². The lowest BCUT2D eigenvalue weighted by Crippen LogP contribution is -2.36. The summed E-state index contributed by atoms with van der Waals surface area (Å²) in [6, 6.07) is -1.06. The lowest BCUT2D eigenvalue weighted by molar-refractivity contribution is -0.141. The van der Waals surface area contributed by atoms with Crippen molar-refractivity contribution in [2.75, 3.05) is 6.54 Å². The lowest BCUT2D eigenvalue weighted by atomic mass is 10.2. The zero-order chi connectivity index (χ0) is 14.8. The summed E-state index contributed by atoms with van der Waals surface area (Å²) >= 11 is 0. The molecule has 1 aliphatic rings. The summed E-state index contributed by atoms with van der Waals surface area (Å²) in [5, 5.41) is 18.8. The normalized spacial score (nSPS) is 25.4. The standard InChI is InChI=1S/C11H22NO6P/c1-7(2)17-19(16,18-8(3)4)12-6-9(13)5-10(12)11(14)15/h7-10,13H,5-6H2,1-4H3,(H,14,15). The van der Waals surface area contributed by atoms with Crippen molar-refractivity contribution < 1.29 is 28.6 Å². The fourth-order valence-corrected chi connectivity index (χ4v) is 4.26. The van der Waals surface area contributed by atoms with Crippen molar-refractivity contribution in [1.82, 2.24) is 4.67 Å². The van der Waals surface area contributed by atoms with Crippen molar-refractivity contribution in [2.45, 2.75) is 58.5 Å². The van der Waals surface area contributed by atoms with E-state index in [9.17, 15) is 14.5 Å². The zero-order valence-electron chi connectivity index (χ0n) is 11.6. The van der Waals surface area contributed by atoms with E-state index in [1.807, 2.05) is 0 Å². The number of hydrogen-bond donors (Lipinski definition) is 2. The van der Waals surface area contributed by atoms with Gasteiger partial charge in [-0.15, -0.1) is 0 Å². The highest BCUT2D eigenvalue weighted by Crippen LogP contribution is 2.57. The van der Waals surface area contributed by atoms with Crippen LogP contribution in [0.3, 0.4) is 0 Å². The minimum atomic E-state index is -3.73. The van der Waals surface area contributed by atoms with Gasteiger partial charge >= 0.3 is 13.7 Å². The van der Waals surface area contributed by atoms with E-state index in [0.717, 1.165) is 4.67 Å². The Labute approximate surface area is 113 Å². The van der Waals surface area contributed by atoms with Crippen LogP contribution in [-0.2, 0) is 18.4 Å². The molecular weight excluding hydrogens is 273 g/mol. The topological polar surface area (TPSA) is 96.3 Å².